The van der Waals surface area contributed by atoms with E-state index < -0.39 is 11.4 Å². The Labute approximate surface area is 116 Å². The Kier molecular flexibility index (Phi) is 4.85. The summed E-state index contributed by atoms with van der Waals surface area (Å²) in [5.41, 5.74) is -0.512. The Balaban J connectivity index is 1.82. The van der Waals surface area contributed by atoms with Crippen LogP contribution in [-0.4, -0.2) is 60.1 Å². The van der Waals surface area contributed by atoms with E-state index in [1.54, 1.807) is 0 Å². The molecule has 1 unspecified atom stereocenters. The van der Waals surface area contributed by atoms with Crippen LogP contribution in [0.25, 0.3) is 0 Å². The highest BCUT2D eigenvalue weighted by molar-refractivity contribution is 5.75. The molecule has 0 bridgehead atoms. The highest BCUT2D eigenvalue weighted by Gasteiger charge is 2.46. The third-order valence-electron chi connectivity index (χ3n) is 5.09. The topological polar surface area (TPSA) is 43.8 Å². The zero-order chi connectivity index (χ0) is 13.9. The Morgan fingerprint density at radius 1 is 1.11 bits per heavy atom. The standard InChI is InChI=1S/C15H28N2O2/c1-13(2)15(14(18)19)6-9-17(12-15)11-10-16-7-4-3-5-8-16/h13H,3-12H2,1-2H3,(H,18,19). The Hall–Kier alpha value is -0.610. The number of nitrogens with zero attached hydrogens (tertiary/aromatic N) is 2. The third-order valence-corrected chi connectivity index (χ3v) is 5.09. The van der Waals surface area contributed by atoms with Crippen LogP contribution in [0.15, 0.2) is 0 Å². The molecule has 2 aliphatic heterocycles. The van der Waals surface area contributed by atoms with E-state index in [0.717, 1.165) is 32.6 Å². The van der Waals surface area contributed by atoms with Crippen molar-refractivity contribution < 1.29 is 9.90 Å². The molecular formula is C15H28N2O2. The van der Waals surface area contributed by atoms with Crippen LogP contribution in [0.2, 0.25) is 0 Å². The van der Waals surface area contributed by atoms with Crippen LogP contribution >= 0.6 is 0 Å². The van der Waals surface area contributed by atoms with Crippen LogP contribution < -0.4 is 0 Å². The highest BCUT2D eigenvalue weighted by Crippen LogP contribution is 2.37. The fourth-order valence-electron chi connectivity index (χ4n) is 3.46. The molecule has 2 heterocycles. The number of carboxylic acid groups (broad SMARTS) is 1. The normalized spacial score (nSPS) is 30.1. The molecule has 0 amide bonds. The molecule has 2 aliphatic rings. The number of carboxylic acids is 1. The van der Waals surface area contributed by atoms with Crippen molar-refractivity contribution in [2.75, 3.05) is 39.3 Å². The highest BCUT2D eigenvalue weighted by atomic mass is 16.4. The van der Waals surface area contributed by atoms with Gasteiger partial charge in [-0.05, 0) is 44.8 Å². The second kappa shape index (κ2) is 6.23. The smallest absolute Gasteiger partial charge is 0.311 e. The molecule has 0 spiro atoms. The van der Waals surface area contributed by atoms with Gasteiger partial charge in [0.2, 0.25) is 0 Å². The molecule has 1 N–H and O–H groups in total. The van der Waals surface area contributed by atoms with Crippen molar-refractivity contribution in [2.24, 2.45) is 11.3 Å². The fraction of sp³-hybridized carbons (Fsp3) is 0.933. The van der Waals surface area contributed by atoms with Gasteiger partial charge in [-0.3, -0.25) is 4.79 Å². The van der Waals surface area contributed by atoms with Crippen LogP contribution in [0.5, 0.6) is 0 Å². The summed E-state index contributed by atoms with van der Waals surface area (Å²) in [5, 5.41) is 9.53. The van der Waals surface area contributed by atoms with E-state index in [-0.39, 0.29) is 5.92 Å². The molecule has 110 valence electrons. The zero-order valence-electron chi connectivity index (χ0n) is 12.4. The zero-order valence-corrected chi connectivity index (χ0v) is 12.4. The number of hydrogen-bond donors (Lipinski definition) is 1. The molecule has 2 fully saturated rings. The van der Waals surface area contributed by atoms with Crippen molar-refractivity contribution in [3.63, 3.8) is 0 Å². The molecule has 0 aromatic rings. The first-order valence-electron chi connectivity index (χ1n) is 7.73. The number of likely N-dealkylation sites (tertiary alicyclic amines) is 2. The maximum absolute atomic E-state index is 11.6. The summed E-state index contributed by atoms with van der Waals surface area (Å²) in [7, 11) is 0. The van der Waals surface area contributed by atoms with Gasteiger partial charge in [0.25, 0.3) is 0 Å². The van der Waals surface area contributed by atoms with Gasteiger partial charge in [-0.25, -0.2) is 0 Å². The molecule has 4 nitrogen and oxygen atoms in total. The van der Waals surface area contributed by atoms with E-state index >= 15 is 0 Å². The van der Waals surface area contributed by atoms with E-state index in [4.69, 9.17) is 0 Å². The fourth-order valence-corrected chi connectivity index (χ4v) is 3.46. The van der Waals surface area contributed by atoms with E-state index in [1.165, 1.54) is 32.4 Å². The molecular weight excluding hydrogens is 240 g/mol. The largest absolute Gasteiger partial charge is 0.481 e. The molecule has 2 rings (SSSR count). The number of rotatable bonds is 5. The van der Waals surface area contributed by atoms with Crippen LogP contribution in [-0.2, 0) is 4.79 Å². The molecule has 0 aromatic carbocycles. The van der Waals surface area contributed by atoms with Crippen LogP contribution in [0.1, 0.15) is 39.5 Å². The second-order valence-corrected chi connectivity index (χ2v) is 6.54. The number of hydrogen-bond acceptors (Lipinski definition) is 3. The summed E-state index contributed by atoms with van der Waals surface area (Å²) in [6.45, 7) is 10.3. The van der Waals surface area contributed by atoms with Crippen molar-refractivity contribution >= 4 is 5.97 Å². The Bertz CT molecular complexity index is 313. The minimum atomic E-state index is -0.608. The summed E-state index contributed by atoms with van der Waals surface area (Å²) >= 11 is 0. The maximum atomic E-state index is 11.6. The molecule has 0 radical (unpaired) electrons. The molecule has 19 heavy (non-hydrogen) atoms. The maximum Gasteiger partial charge on any atom is 0.311 e. The van der Waals surface area contributed by atoms with Gasteiger partial charge in [0.05, 0.1) is 5.41 Å². The Morgan fingerprint density at radius 3 is 2.26 bits per heavy atom. The van der Waals surface area contributed by atoms with Gasteiger partial charge in [-0.1, -0.05) is 20.3 Å². The van der Waals surface area contributed by atoms with Crippen molar-refractivity contribution in [3.8, 4) is 0 Å². The summed E-state index contributed by atoms with van der Waals surface area (Å²) in [5.74, 6) is -0.395. The minimum Gasteiger partial charge on any atom is -0.481 e. The predicted octanol–water partition coefficient (Wildman–Crippen LogP) is 1.91. The van der Waals surface area contributed by atoms with Gasteiger partial charge in [0.15, 0.2) is 0 Å². The van der Waals surface area contributed by atoms with Gasteiger partial charge < -0.3 is 14.9 Å². The minimum absolute atomic E-state index is 0.213. The SMILES string of the molecule is CC(C)C1(C(=O)O)CCN(CCN2CCCCC2)C1. The first kappa shape index (κ1) is 14.8. The lowest BCUT2D eigenvalue weighted by Crippen LogP contribution is -2.41. The monoisotopic (exact) mass is 268 g/mol. The third kappa shape index (κ3) is 3.29. The van der Waals surface area contributed by atoms with Crippen molar-refractivity contribution in [3.05, 3.63) is 0 Å². The first-order valence-corrected chi connectivity index (χ1v) is 7.73. The van der Waals surface area contributed by atoms with Crippen LogP contribution in [0.4, 0.5) is 0 Å². The lowest BCUT2D eigenvalue weighted by Gasteiger charge is -2.31. The van der Waals surface area contributed by atoms with E-state index in [9.17, 15) is 9.90 Å². The second-order valence-electron chi connectivity index (χ2n) is 6.54. The van der Waals surface area contributed by atoms with Gasteiger partial charge in [-0.15, -0.1) is 0 Å². The summed E-state index contributed by atoms with van der Waals surface area (Å²) in [6.07, 6.45) is 4.83. The number of carbonyl (C=O) groups is 1. The molecule has 4 heteroatoms. The molecule has 0 saturated carbocycles. The number of piperidine rings is 1. The summed E-state index contributed by atoms with van der Waals surface area (Å²) < 4.78 is 0. The lowest BCUT2D eigenvalue weighted by molar-refractivity contribution is -0.151. The summed E-state index contributed by atoms with van der Waals surface area (Å²) in [4.78, 5) is 16.5. The Morgan fingerprint density at radius 2 is 1.74 bits per heavy atom. The van der Waals surface area contributed by atoms with Crippen molar-refractivity contribution in [1.82, 2.24) is 9.80 Å². The van der Waals surface area contributed by atoms with E-state index in [2.05, 4.69) is 9.80 Å². The van der Waals surface area contributed by atoms with Gasteiger partial charge >= 0.3 is 5.97 Å². The van der Waals surface area contributed by atoms with Crippen molar-refractivity contribution in [2.45, 2.75) is 39.5 Å². The number of aliphatic carboxylic acids is 1. The molecule has 0 aliphatic carbocycles. The summed E-state index contributed by atoms with van der Waals surface area (Å²) in [6, 6.07) is 0. The predicted molar refractivity (Wildman–Crippen MR) is 76.3 cm³/mol. The van der Waals surface area contributed by atoms with E-state index in [0.29, 0.717) is 0 Å². The molecule has 2 saturated heterocycles. The van der Waals surface area contributed by atoms with E-state index in [1.807, 2.05) is 13.8 Å². The van der Waals surface area contributed by atoms with Gasteiger partial charge in [-0.2, -0.15) is 0 Å². The van der Waals surface area contributed by atoms with Crippen molar-refractivity contribution in [1.29, 1.82) is 0 Å². The first-order chi connectivity index (χ1) is 9.04. The average Bonchev–Trinajstić information content (AvgIpc) is 2.83. The van der Waals surface area contributed by atoms with Crippen LogP contribution in [0, 0.1) is 11.3 Å². The quantitative estimate of drug-likeness (QED) is 0.827. The lowest BCUT2D eigenvalue weighted by atomic mass is 9.76. The average molecular weight is 268 g/mol. The molecule has 1 atom stereocenters. The van der Waals surface area contributed by atoms with Gasteiger partial charge in [0, 0.05) is 19.6 Å². The molecule has 0 aromatic heterocycles. The van der Waals surface area contributed by atoms with Crippen LogP contribution in [0.3, 0.4) is 0 Å². The van der Waals surface area contributed by atoms with Gasteiger partial charge in [0.1, 0.15) is 0 Å².